The number of carbonyl (C=O) groups excluding carboxylic acids is 1. The lowest BCUT2D eigenvalue weighted by Gasteiger charge is -1.93. The van der Waals surface area contributed by atoms with Crippen LogP contribution in [0, 0.1) is 0 Å². The summed E-state index contributed by atoms with van der Waals surface area (Å²) in [6, 6.07) is 6.04. The average molecular weight is 205 g/mol. The summed E-state index contributed by atoms with van der Waals surface area (Å²) in [5, 5.41) is 1.16. The number of thiazole rings is 1. The number of aldehydes is 1. The van der Waals surface area contributed by atoms with E-state index in [1.165, 1.54) is 4.70 Å². The summed E-state index contributed by atoms with van der Waals surface area (Å²) in [5.41, 5.74) is 2.06. The number of fused-ring (bicyclic) bond motifs is 1. The SMILES string of the molecule is CCc1nc2cc(CC=O)ccc2s1. The van der Waals surface area contributed by atoms with E-state index in [0.29, 0.717) is 6.42 Å². The van der Waals surface area contributed by atoms with Crippen LogP contribution in [0.15, 0.2) is 18.2 Å². The van der Waals surface area contributed by atoms with Gasteiger partial charge in [-0.05, 0) is 24.1 Å². The third kappa shape index (κ3) is 1.68. The lowest BCUT2D eigenvalue weighted by atomic mass is 10.1. The normalized spacial score (nSPS) is 10.6. The van der Waals surface area contributed by atoms with E-state index in [4.69, 9.17) is 0 Å². The number of benzene rings is 1. The molecule has 2 rings (SSSR count). The van der Waals surface area contributed by atoms with Crippen LogP contribution >= 0.6 is 11.3 Å². The van der Waals surface area contributed by atoms with Crippen molar-refractivity contribution in [3.63, 3.8) is 0 Å². The zero-order valence-corrected chi connectivity index (χ0v) is 8.80. The summed E-state index contributed by atoms with van der Waals surface area (Å²) in [6.07, 6.45) is 2.38. The van der Waals surface area contributed by atoms with E-state index in [2.05, 4.69) is 11.9 Å². The molecule has 1 heterocycles. The minimum absolute atomic E-state index is 0.481. The summed E-state index contributed by atoms with van der Waals surface area (Å²) in [6.45, 7) is 2.10. The Balaban J connectivity index is 2.48. The number of aryl methyl sites for hydroxylation is 1. The van der Waals surface area contributed by atoms with E-state index in [0.717, 1.165) is 28.8 Å². The molecule has 72 valence electrons. The van der Waals surface area contributed by atoms with E-state index in [-0.39, 0.29) is 0 Å². The molecule has 0 aliphatic heterocycles. The van der Waals surface area contributed by atoms with Gasteiger partial charge in [-0.3, -0.25) is 0 Å². The monoisotopic (exact) mass is 205 g/mol. The van der Waals surface area contributed by atoms with Crippen LogP contribution in [0.1, 0.15) is 17.5 Å². The first-order chi connectivity index (χ1) is 6.83. The van der Waals surface area contributed by atoms with Gasteiger partial charge >= 0.3 is 0 Å². The van der Waals surface area contributed by atoms with Gasteiger partial charge in [-0.2, -0.15) is 0 Å². The van der Waals surface area contributed by atoms with E-state index < -0.39 is 0 Å². The minimum atomic E-state index is 0.481. The van der Waals surface area contributed by atoms with Crippen LogP contribution in [0.4, 0.5) is 0 Å². The van der Waals surface area contributed by atoms with Gasteiger partial charge in [-0.1, -0.05) is 13.0 Å². The van der Waals surface area contributed by atoms with Gasteiger partial charge in [-0.25, -0.2) is 4.98 Å². The molecule has 1 aromatic heterocycles. The lowest BCUT2D eigenvalue weighted by molar-refractivity contribution is -0.107. The molecule has 0 saturated heterocycles. The summed E-state index contributed by atoms with van der Waals surface area (Å²) < 4.78 is 1.21. The molecule has 2 nitrogen and oxygen atoms in total. The molecule has 0 fully saturated rings. The Hall–Kier alpha value is -1.22. The Morgan fingerprint density at radius 1 is 1.50 bits per heavy atom. The molecule has 1 aromatic carbocycles. The Kier molecular flexibility index (Phi) is 2.59. The van der Waals surface area contributed by atoms with Gasteiger partial charge in [0.05, 0.1) is 15.2 Å². The van der Waals surface area contributed by atoms with Gasteiger partial charge in [-0.15, -0.1) is 11.3 Å². The molecule has 3 heteroatoms. The van der Waals surface area contributed by atoms with Crippen molar-refractivity contribution in [2.45, 2.75) is 19.8 Å². The second kappa shape index (κ2) is 3.88. The van der Waals surface area contributed by atoms with Gasteiger partial charge in [0.15, 0.2) is 0 Å². The Morgan fingerprint density at radius 3 is 3.07 bits per heavy atom. The van der Waals surface area contributed by atoms with E-state index in [9.17, 15) is 4.79 Å². The summed E-state index contributed by atoms with van der Waals surface area (Å²) in [5.74, 6) is 0. The predicted molar refractivity (Wildman–Crippen MR) is 58.8 cm³/mol. The van der Waals surface area contributed by atoms with Crippen molar-refractivity contribution in [1.82, 2.24) is 4.98 Å². The van der Waals surface area contributed by atoms with Crippen LogP contribution in [0.5, 0.6) is 0 Å². The van der Waals surface area contributed by atoms with Gasteiger partial charge in [0.25, 0.3) is 0 Å². The third-order valence-electron chi connectivity index (χ3n) is 2.12. The Bertz CT molecular complexity index is 461. The molecular formula is C11H11NOS. The molecule has 0 bridgehead atoms. The topological polar surface area (TPSA) is 30.0 Å². The molecule has 0 aliphatic rings. The number of aromatic nitrogens is 1. The number of rotatable bonds is 3. The zero-order valence-electron chi connectivity index (χ0n) is 7.99. The maximum Gasteiger partial charge on any atom is 0.124 e. The third-order valence-corrected chi connectivity index (χ3v) is 3.30. The van der Waals surface area contributed by atoms with E-state index in [1.807, 2.05) is 18.2 Å². The molecule has 0 amide bonds. The Labute approximate surface area is 86.6 Å². The maximum absolute atomic E-state index is 10.4. The predicted octanol–water partition coefficient (Wildman–Crippen LogP) is 2.60. The van der Waals surface area contributed by atoms with Crippen LogP contribution in [-0.2, 0) is 17.6 Å². The van der Waals surface area contributed by atoms with Crippen molar-refractivity contribution in [3.05, 3.63) is 28.8 Å². The molecule has 0 unspecified atom stereocenters. The van der Waals surface area contributed by atoms with Crippen LogP contribution in [-0.4, -0.2) is 11.3 Å². The summed E-state index contributed by atoms with van der Waals surface area (Å²) in [4.78, 5) is 14.8. The number of nitrogens with zero attached hydrogens (tertiary/aromatic N) is 1. The van der Waals surface area contributed by atoms with Crippen LogP contribution < -0.4 is 0 Å². The zero-order chi connectivity index (χ0) is 9.97. The molecule has 0 radical (unpaired) electrons. The molecule has 0 N–H and O–H groups in total. The molecular weight excluding hydrogens is 194 g/mol. The van der Waals surface area contributed by atoms with Crippen molar-refractivity contribution in [2.24, 2.45) is 0 Å². The van der Waals surface area contributed by atoms with Gasteiger partial charge in [0.2, 0.25) is 0 Å². The summed E-state index contributed by atoms with van der Waals surface area (Å²) >= 11 is 1.72. The number of carbonyl (C=O) groups is 1. The molecule has 0 aliphatic carbocycles. The maximum atomic E-state index is 10.4. The first-order valence-corrected chi connectivity index (χ1v) is 5.47. The van der Waals surface area contributed by atoms with Gasteiger partial charge < -0.3 is 4.79 Å². The first kappa shape index (κ1) is 9.34. The van der Waals surface area contributed by atoms with E-state index >= 15 is 0 Å². The fourth-order valence-corrected chi connectivity index (χ4v) is 2.28. The quantitative estimate of drug-likeness (QED) is 0.721. The summed E-state index contributed by atoms with van der Waals surface area (Å²) in [7, 11) is 0. The smallest absolute Gasteiger partial charge is 0.124 e. The van der Waals surface area contributed by atoms with Crippen molar-refractivity contribution in [2.75, 3.05) is 0 Å². The second-order valence-corrected chi connectivity index (χ2v) is 4.25. The van der Waals surface area contributed by atoms with E-state index in [1.54, 1.807) is 11.3 Å². The highest BCUT2D eigenvalue weighted by Crippen LogP contribution is 2.23. The minimum Gasteiger partial charge on any atom is -0.303 e. The average Bonchev–Trinajstić information content (AvgIpc) is 2.60. The lowest BCUT2D eigenvalue weighted by Crippen LogP contribution is -1.84. The molecule has 2 aromatic rings. The second-order valence-electron chi connectivity index (χ2n) is 3.13. The Morgan fingerprint density at radius 2 is 2.36 bits per heavy atom. The van der Waals surface area contributed by atoms with Gasteiger partial charge in [0.1, 0.15) is 6.29 Å². The van der Waals surface area contributed by atoms with Gasteiger partial charge in [0, 0.05) is 6.42 Å². The first-order valence-electron chi connectivity index (χ1n) is 4.65. The fraction of sp³-hybridized carbons (Fsp3) is 0.273. The van der Waals surface area contributed by atoms with Crippen molar-refractivity contribution in [3.8, 4) is 0 Å². The molecule has 0 saturated carbocycles. The largest absolute Gasteiger partial charge is 0.303 e. The highest BCUT2D eigenvalue weighted by atomic mass is 32.1. The van der Waals surface area contributed by atoms with Crippen LogP contribution in [0.3, 0.4) is 0 Å². The van der Waals surface area contributed by atoms with Crippen molar-refractivity contribution >= 4 is 27.8 Å². The standard InChI is InChI=1S/C11H11NOS/c1-2-11-12-9-7-8(5-6-13)3-4-10(9)14-11/h3-4,6-7H,2,5H2,1H3. The molecule has 0 spiro atoms. The number of hydrogen-bond acceptors (Lipinski definition) is 3. The van der Waals surface area contributed by atoms with Crippen molar-refractivity contribution < 1.29 is 4.79 Å². The highest BCUT2D eigenvalue weighted by Gasteiger charge is 2.02. The fourth-order valence-electron chi connectivity index (χ4n) is 1.40. The van der Waals surface area contributed by atoms with Crippen molar-refractivity contribution in [1.29, 1.82) is 0 Å². The molecule has 14 heavy (non-hydrogen) atoms. The van der Waals surface area contributed by atoms with Crippen LogP contribution in [0.25, 0.3) is 10.2 Å². The molecule has 0 atom stereocenters. The number of hydrogen-bond donors (Lipinski definition) is 0. The highest BCUT2D eigenvalue weighted by molar-refractivity contribution is 7.18. The van der Waals surface area contributed by atoms with Crippen LogP contribution in [0.2, 0.25) is 0 Å².